The van der Waals surface area contributed by atoms with Crippen LogP contribution in [0.15, 0.2) is 24.8 Å². The van der Waals surface area contributed by atoms with Gasteiger partial charge in [-0.05, 0) is 55.4 Å². The summed E-state index contributed by atoms with van der Waals surface area (Å²) in [6, 6.07) is 6.10. The average Bonchev–Trinajstić information content (AvgIpc) is 3.70. The molecule has 43 heavy (non-hydrogen) atoms. The van der Waals surface area contributed by atoms with E-state index in [-0.39, 0.29) is 53.5 Å². The monoisotopic (exact) mass is 584 g/mol. The fraction of sp³-hybridized carbons (Fsp3) is 0.371. The standard InChI is InChI=1S/C35H38N4O3.Mg/c1-7-10-22-18(5)26-15-28-20(8-2)17(4)25(36-28)14-27-19(6)23(11-12-32(41)42)34(38-27)24-13-31(40)33-21(9-3)29(39-35(24)33)16-30(22)37-26;/h8,14-16,19,23H,2,7,9-13H2,1,3-6H3,(H3,36,37,38,39,40,41,42);/q;+2/p-2/t19-,23-;/m0./s1. The van der Waals surface area contributed by atoms with Gasteiger partial charge in [-0.15, -0.1) is 22.1 Å². The molecule has 216 valence electrons. The molecule has 5 heterocycles. The van der Waals surface area contributed by atoms with Crippen LogP contribution in [0.25, 0.3) is 39.3 Å². The van der Waals surface area contributed by atoms with Gasteiger partial charge in [0.25, 0.3) is 0 Å². The number of aryl methyl sites for hydroxylation is 2. The molecule has 0 saturated heterocycles. The number of hydrogen-bond donors (Lipinski definition) is 1. The van der Waals surface area contributed by atoms with Gasteiger partial charge in [-0.25, -0.2) is 4.98 Å². The van der Waals surface area contributed by atoms with Crippen molar-refractivity contribution in [2.45, 2.75) is 85.0 Å². The van der Waals surface area contributed by atoms with Crippen LogP contribution in [-0.2, 0) is 17.6 Å². The maximum absolute atomic E-state index is 13.5. The van der Waals surface area contributed by atoms with Gasteiger partial charge in [0.05, 0.1) is 11.4 Å². The van der Waals surface area contributed by atoms with Crippen molar-refractivity contribution in [2.24, 2.45) is 0 Å². The normalized spacial score (nSPS) is 17.4. The Labute approximate surface area is 268 Å². The Kier molecular flexibility index (Phi) is 8.55. The van der Waals surface area contributed by atoms with Crippen molar-refractivity contribution in [1.82, 2.24) is 19.9 Å². The number of carboxylic acid groups (broad SMARTS) is 1. The number of rotatable bonds is 7. The Morgan fingerprint density at radius 3 is 2.51 bits per heavy atom. The maximum atomic E-state index is 13.5. The van der Waals surface area contributed by atoms with Crippen LogP contribution < -0.4 is 9.97 Å². The van der Waals surface area contributed by atoms with Gasteiger partial charge in [-0.1, -0.05) is 69.2 Å². The van der Waals surface area contributed by atoms with Crippen molar-refractivity contribution in [3.63, 3.8) is 0 Å². The molecule has 0 saturated carbocycles. The van der Waals surface area contributed by atoms with Crippen LogP contribution in [0.5, 0.6) is 0 Å². The molecular formula is C35H36MgN4O3. The number of carbonyl (C=O) groups excluding carboxylic acids is 1. The third-order valence-electron chi connectivity index (χ3n) is 9.21. The van der Waals surface area contributed by atoms with Gasteiger partial charge in [-0.3, -0.25) is 14.6 Å². The molecule has 8 heteroatoms. The minimum Gasteiger partial charge on any atom is -0.657 e. The summed E-state index contributed by atoms with van der Waals surface area (Å²) in [4.78, 5) is 45.5. The van der Waals surface area contributed by atoms with Crippen LogP contribution >= 0.6 is 0 Å². The molecule has 7 nitrogen and oxygen atoms in total. The van der Waals surface area contributed by atoms with E-state index < -0.39 is 5.97 Å². The average molecular weight is 585 g/mol. The zero-order valence-electron chi connectivity index (χ0n) is 25.7. The Bertz CT molecular complexity index is 1880. The predicted octanol–water partition coefficient (Wildman–Crippen LogP) is 6.93. The van der Waals surface area contributed by atoms with E-state index in [0.29, 0.717) is 23.9 Å². The van der Waals surface area contributed by atoms with E-state index in [1.165, 1.54) is 5.57 Å². The molecule has 0 fully saturated rings. The Morgan fingerprint density at radius 1 is 1.09 bits per heavy atom. The van der Waals surface area contributed by atoms with E-state index in [1.807, 2.05) is 31.2 Å². The summed E-state index contributed by atoms with van der Waals surface area (Å²) >= 11 is 0. The number of nitrogens with zero attached hydrogens (tertiary/aromatic N) is 4. The van der Waals surface area contributed by atoms with Crippen LogP contribution in [0, 0.1) is 6.92 Å². The van der Waals surface area contributed by atoms with E-state index in [1.54, 1.807) is 0 Å². The fourth-order valence-corrected chi connectivity index (χ4v) is 6.91. The van der Waals surface area contributed by atoms with Gasteiger partial charge in [0.2, 0.25) is 0 Å². The Balaban J connectivity index is 0.00000368. The number of carbonyl (C=O) groups is 2. The minimum absolute atomic E-state index is 0. The second kappa shape index (κ2) is 11.9. The van der Waals surface area contributed by atoms with Crippen LogP contribution in [0.4, 0.5) is 0 Å². The zero-order valence-corrected chi connectivity index (χ0v) is 27.1. The third-order valence-corrected chi connectivity index (χ3v) is 9.21. The van der Waals surface area contributed by atoms with Crippen molar-refractivity contribution in [3.05, 3.63) is 75.4 Å². The number of aromatic nitrogens is 4. The summed E-state index contributed by atoms with van der Waals surface area (Å²) in [6.45, 7) is 14.5. The molecule has 0 radical (unpaired) electrons. The van der Waals surface area contributed by atoms with Crippen LogP contribution in [0.3, 0.4) is 0 Å². The smallest absolute Gasteiger partial charge is 0.657 e. The second-order valence-electron chi connectivity index (χ2n) is 11.7. The number of Topliss-reactive ketones (excluding diaryl/α,β-unsaturated/α-hetero) is 1. The second-order valence-corrected chi connectivity index (χ2v) is 11.7. The van der Waals surface area contributed by atoms with Gasteiger partial charge in [0.1, 0.15) is 0 Å². The first-order valence-corrected chi connectivity index (χ1v) is 14.9. The molecule has 6 rings (SSSR count). The van der Waals surface area contributed by atoms with Gasteiger partial charge < -0.3 is 15.1 Å². The van der Waals surface area contributed by atoms with E-state index in [0.717, 1.165) is 80.0 Å². The molecule has 3 aromatic heterocycles. The number of allylic oxidation sites excluding steroid dienone is 2. The maximum Gasteiger partial charge on any atom is 2.00 e. The van der Waals surface area contributed by atoms with Crippen LogP contribution in [0.1, 0.15) is 121 Å². The van der Waals surface area contributed by atoms with E-state index in [2.05, 4.69) is 34.3 Å². The van der Waals surface area contributed by atoms with Crippen molar-refractivity contribution in [3.8, 4) is 0 Å². The van der Waals surface area contributed by atoms with E-state index in [9.17, 15) is 14.7 Å². The van der Waals surface area contributed by atoms with E-state index >= 15 is 0 Å². The summed E-state index contributed by atoms with van der Waals surface area (Å²) in [7, 11) is 0. The quantitative estimate of drug-likeness (QED) is 0.300. The molecule has 1 aliphatic carbocycles. The minimum atomic E-state index is -0.842. The van der Waals surface area contributed by atoms with Crippen LogP contribution in [0.2, 0.25) is 0 Å². The molecule has 0 spiro atoms. The summed E-state index contributed by atoms with van der Waals surface area (Å²) in [5.41, 5.74) is 13.2. The Morgan fingerprint density at radius 2 is 1.84 bits per heavy atom. The molecule has 8 bridgehead atoms. The fourth-order valence-electron chi connectivity index (χ4n) is 6.91. The van der Waals surface area contributed by atoms with Crippen molar-refractivity contribution in [1.29, 1.82) is 0 Å². The van der Waals surface area contributed by atoms with Crippen molar-refractivity contribution >= 4 is 74.1 Å². The van der Waals surface area contributed by atoms with Crippen molar-refractivity contribution < 1.29 is 14.7 Å². The van der Waals surface area contributed by atoms with Crippen molar-refractivity contribution in [2.75, 3.05) is 0 Å². The number of carboxylic acids is 1. The third kappa shape index (κ3) is 5.08. The summed E-state index contributed by atoms with van der Waals surface area (Å²) < 4.78 is 0. The molecule has 0 unspecified atom stereocenters. The summed E-state index contributed by atoms with van der Waals surface area (Å²) in [5, 5.41) is 9.53. The summed E-state index contributed by atoms with van der Waals surface area (Å²) in [6.07, 6.45) is 5.08. The first-order valence-electron chi connectivity index (χ1n) is 14.9. The number of hydrogen-bond acceptors (Lipinski definition) is 4. The van der Waals surface area contributed by atoms with Gasteiger partial charge in [0.15, 0.2) is 5.78 Å². The summed E-state index contributed by atoms with van der Waals surface area (Å²) in [5.74, 6) is -0.963. The molecule has 0 amide bonds. The largest absolute Gasteiger partial charge is 2.00 e. The molecule has 3 aromatic rings. The first-order chi connectivity index (χ1) is 20.2. The van der Waals surface area contributed by atoms with Gasteiger partial charge in [-0.2, -0.15) is 0 Å². The zero-order chi connectivity index (χ0) is 29.9. The first kappa shape index (κ1) is 30.9. The number of ketones is 1. The van der Waals surface area contributed by atoms with E-state index in [4.69, 9.17) is 19.9 Å². The number of aliphatic carboxylic acids is 1. The molecular weight excluding hydrogens is 549 g/mol. The molecule has 2 atom stereocenters. The number of fused-ring (bicyclic) bond motifs is 8. The van der Waals surface area contributed by atoms with Gasteiger partial charge in [0, 0.05) is 41.6 Å². The molecule has 1 N–H and O–H groups in total. The van der Waals surface area contributed by atoms with Gasteiger partial charge >= 0.3 is 29.0 Å². The molecule has 2 aliphatic heterocycles. The molecule has 0 aromatic carbocycles. The Hall–Kier alpha value is -3.49. The molecule has 3 aliphatic rings. The topological polar surface area (TPSA) is 108 Å². The SMILES string of the molecule is C=Cc1c(C)c2cc3nc(c4c5[n-]c(cc6nc(cc1[n-]2)C(C)=C6CCC)c(CC)c5C(=O)C4)[C@@H](CCC(=O)O)[C@@H]3C.[Mg+2]. The predicted molar refractivity (Wildman–Crippen MR) is 172 cm³/mol. The van der Waals surface area contributed by atoms with Crippen LogP contribution in [-0.4, -0.2) is 49.9 Å².